The number of rotatable bonds is 8. The van der Waals surface area contributed by atoms with Gasteiger partial charge >= 0.3 is 5.97 Å². The van der Waals surface area contributed by atoms with Gasteiger partial charge in [0.15, 0.2) is 6.61 Å². The van der Waals surface area contributed by atoms with Crippen LogP contribution in [0.15, 0.2) is 64.2 Å². The maximum Gasteiger partial charge on any atom is 0.338 e. The predicted molar refractivity (Wildman–Crippen MR) is 127 cm³/mol. The van der Waals surface area contributed by atoms with Gasteiger partial charge in [-0.3, -0.25) is 4.79 Å². The number of hydrogen-bond donors (Lipinski definition) is 1. The molecule has 0 bridgehead atoms. The second-order valence-electron chi connectivity index (χ2n) is 6.97. The fourth-order valence-corrected chi connectivity index (χ4v) is 3.59. The van der Waals surface area contributed by atoms with Crippen LogP contribution in [0.2, 0.25) is 0 Å². The Labute approximate surface area is 195 Å². The monoisotopic (exact) mass is 497 g/mol. The molecule has 3 aromatic rings. The van der Waals surface area contributed by atoms with Crippen molar-refractivity contribution in [3.05, 3.63) is 81.6 Å². The van der Waals surface area contributed by atoms with Crippen molar-refractivity contribution in [2.24, 2.45) is 5.10 Å². The lowest BCUT2D eigenvalue weighted by Crippen LogP contribution is -2.24. The van der Waals surface area contributed by atoms with Gasteiger partial charge in [0.2, 0.25) is 0 Å². The van der Waals surface area contributed by atoms with E-state index in [9.17, 15) is 9.59 Å². The molecule has 8 heteroatoms. The van der Waals surface area contributed by atoms with Crippen molar-refractivity contribution in [2.75, 3.05) is 13.2 Å². The summed E-state index contributed by atoms with van der Waals surface area (Å²) < 4.78 is 13.4. The number of hydrazone groups is 1. The van der Waals surface area contributed by atoms with Crippen molar-refractivity contribution < 1.29 is 19.1 Å². The van der Waals surface area contributed by atoms with Gasteiger partial charge in [-0.1, -0.05) is 28.1 Å². The SMILES string of the molecule is CCOC(=O)c1cccc(-n2c(C)cc(/C=N/NC(=O)COc3cccc(Br)c3)c2C)c1. The predicted octanol–water partition coefficient (Wildman–Crippen LogP) is 4.56. The van der Waals surface area contributed by atoms with Crippen LogP contribution in [0, 0.1) is 13.8 Å². The number of aryl methyl sites for hydroxylation is 1. The number of benzene rings is 2. The van der Waals surface area contributed by atoms with E-state index in [1.807, 2.05) is 48.7 Å². The third-order valence-electron chi connectivity index (χ3n) is 4.64. The molecule has 0 fully saturated rings. The van der Waals surface area contributed by atoms with Crippen LogP contribution in [0.1, 0.15) is 34.2 Å². The first-order valence-electron chi connectivity index (χ1n) is 10.1. The molecule has 7 nitrogen and oxygen atoms in total. The smallest absolute Gasteiger partial charge is 0.338 e. The Kier molecular flexibility index (Phi) is 7.83. The lowest BCUT2D eigenvalue weighted by molar-refractivity contribution is -0.123. The third kappa shape index (κ3) is 5.85. The second-order valence-corrected chi connectivity index (χ2v) is 7.89. The van der Waals surface area contributed by atoms with Gasteiger partial charge in [-0.05, 0) is 63.2 Å². The van der Waals surface area contributed by atoms with Crippen LogP contribution < -0.4 is 10.2 Å². The number of aromatic nitrogens is 1. The van der Waals surface area contributed by atoms with Gasteiger partial charge in [0.05, 0.1) is 18.4 Å². The summed E-state index contributed by atoms with van der Waals surface area (Å²) in [6, 6.07) is 16.5. The highest BCUT2D eigenvalue weighted by atomic mass is 79.9. The molecule has 32 heavy (non-hydrogen) atoms. The molecule has 0 saturated carbocycles. The van der Waals surface area contributed by atoms with Crippen LogP contribution in [-0.4, -0.2) is 35.9 Å². The molecule has 0 atom stereocenters. The Bertz CT molecular complexity index is 1150. The Morgan fingerprint density at radius 2 is 1.91 bits per heavy atom. The number of carbonyl (C=O) groups excluding carboxylic acids is 2. The first kappa shape index (κ1) is 23.3. The van der Waals surface area contributed by atoms with E-state index in [0.717, 1.165) is 27.1 Å². The average molecular weight is 498 g/mol. The van der Waals surface area contributed by atoms with E-state index in [4.69, 9.17) is 9.47 Å². The van der Waals surface area contributed by atoms with Crippen LogP contribution in [0.3, 0.4) is 0 Å². The molecule has 0 radical (unpaired) electrons. The van der Waals surface area contributed by atoms with Crippen LogP contribution in [0.25, 0.3) is 5.69 Å². The summed E-state index contributed by atoms with van der Waals surface area (Å²) in [7, 11) is 0. The van der Waals surface area contributed by atoms with E-state index in [-0.39, 0.29) is 18.5 Å². The zero-order valence-electron chi connectivity index (χ0n) is 18.1. The van der Waals surface area contributed by atoms with Crippen LogP contribution in [-0.2, 0) is 9.53 Å². The van der Waals surface area contributed by atoms with Crippen molar-refractivity contribution in [3.63, 3.8) is 0 Å². The molecule has 0 saturated heterocycles. The Hall–Kier alpha value is -3.39. The van der Waals surface area contributed by atoms with Gasteiger partial charge in [-0.25, -0.2) is 10.2 Å². The highest BCUT2D eigenvalue weighted by molar-refractivity contribution is 9.10. The van der Waals surface area contributed by atoms with Crippen molar-refractivity contribution in [1.82, 2.24) is 9.99 Å². The number of ether oxygens (including phenoxy) is 2. The zero-order chi connectivity index (χ0) is 23.1. The van der Waals surface area contributed by atoms with Crippen LogP contribution >= 0.6 is 15.9 Å². The number of amides is 1. The molecule has 0 aliphatic heterocycles. The molecule has 0 spiro atoms. The Balaban J connectivity index is 1.67. The Morgan fingerprint density at radius 1 is 1.12 bits per heavy atom. The summed E-state index contributed by atoms with van der Waals surface area (Å²) in [4.78, 5) is 24.1. The first-order valence-corrected chi connectivity index (χ1v) is 10.8. The largest absolute Gasteiger partial charge is 0.484 e. The van der Waals surface area contributed by atoms with E-state index in [2.05, 4.69) is 26.5 Å². The molecule has 1 N–H and O–H groups in total. The third-order valence-corrected chi connectivity index (χ3v) is 5.14. The van der Waals surface area contributed by atoms with E-state index in [1.54, 1.807) is 37.4 Å². The molecule has 0 aliphatic carbocycles. The number of nitrogens with one attached hydrogen (secondary N) is 1. The van der Waals surface area contributed by atoms with Gasteiger partial charge in [0, 0.05) is 27.1 Å². The number of hydrogen-bond acceptors (Lipinski definition) is 5. The summed E-state index contributed by atoms with van der Waals surface area (Å²) in [6.45, 7) is 5.87. The number of carbonyl (C=O) groups is 2. The summed E-state index contributed by atoms with van der Waals surface area (Å²) in [5, 5.41) is 4.05. The molecular weight excluding hydrogens is 474 g/mol. The number of halogens is 1. The molecule has 1 amide bonds. The number of esters is 1. The van der Waals surface area contributed by atoms with Gasteiger partial charge in [-0.2, -0.15) is 5.10 Å². The molecular formula is C24H24BrN3O4. The lowest BCUT2D eigenvalue weighted by atomic mass is 10.2. The molecule has 166 valence electrons. The summed E-state index contributed by atoms with van der Waals surface area (Å²) >= 11 is 3.36. The summed E-state index contributed by atoms with van der Waals surface area (Å²) in [5.74, 6) is -0.129. The molecule has 0 unspecified atom stereocenters. The molecule has 1 heterocycles. The van der Waals surface area contributed by atoms with E-state index in [0.29, 0.717) is 17.9 Å². The normalized spacial score (nSPS) is 10.9. The molecule has 1 aromatic heterocycles. The minimum absolute atomic E-state index is 0.145. The van der Waals surface area contributed by atoms with Crippen molar-refractivity contribution in [2.45, 2.75) is 20.8 Å². The highest BCUT2D eigenvalue weighted by Crippen LogP contribution is 2.21. The lowest BCUT2D eigenvalue weighted by Gasteiger charge is -2.11. The van der Waals surface area contributed by atoms with E-state index < -0.39 is 0 Å². The van der Waals surface area contributed by atoms with Gasteiger partial charge < -0.3 is 14.0 Å². The maximum atomic E-state index is 12.1. The minimum atomic E-state index is -0.364. The standard InChI is InChI=1S/C24H24BrN3O4/c1-4-31-24(30)18-7-5-9-21(12-18)28-16(2)11-19(17(28)3)14-26-27-23(29)15-32-22-10-6-8-20(25)13-22/h5-14H,4,15H2,1-3H3,(H,27,29)/b26-14+. The quantitative estimate of drug-likeness (QED) is 0.281. The van der Waals surface area contributed by atoms with Gasteiger partial charge in [-0.15, -0.1) is 0 Å². The van der Waals surface area contributed by atoms with Crippen molar-refractivity contribution in [1.29, 1.82) is 0 Å². The van der Waals surface area contributed by atoms with E-state index in [1.165, 1.54) is 0 Å². The fraction of sp³-hybridized carbons (Fsp3) is 0.208. The summed E-state index contributed by atoms with van der Waals surface area (Å²) in [5.41, 5.74) is 6.54. The maximum absolute atomic E-state index is 12.1. The number of nitrogens with zero attached hydrogens (tertiary/aromatic N) is 2. The fourth-order valence-electron chi connectivity index (χ4n) is 3.21. The van der Waals surface area contributed by atoms with Crippen LogP contribution in [0.4, 0.5) is 0 Å². The van der Waals surface area contributed by atoms with Crippen molar-refractivity contribution >= 4 is 34.0 Å². The molecule has 0 aliphatic rings. The van der Waals surface area contributed by atoms with Gasteiger partial charge in [0.25, 0.3) is 5.91 Å². The average Bonchev–Trinajstić information content (AvgIpc) is 3.05. The van der Waals surface area contributed by atoms with Crippen LogP contribution in [0.5, 0.6) is 5.75 Å². The van der Waals surface area contributed by atoms with Crippen molar-refractivity contribution in [3.8, 4) is 11.4 Å². The second kappa shape index (κ2) is 10.8. The molecule has 3 rings (SSSR count). The minimum Gasteiger partial charge on any atom is -0.484 e. The highest BCUT2D eigenvalue weighted by Gasteiger charge is 2.12. The summed E-state index contributed by atoms with van der Waals surface area (Å²) in [6.07, 6.45) is 1.59. The Morgan fingerprint density at radius 3 is 2.66 bits per heavy atom. The first-order chi connectivity index (χ1) is 15.4. The van der Waals surface area contributed by atoms with E-state index >= 15 is 0 Å². The van der Waals surface area contributed by atoms with Gasteiger partial charge in [0.1, 0.15) is 5.75 Å². The molecule has 2 aromatic carbocycles. The topological polar surface area (TPSA) is 81.9 Å². The zero-order valence-corrected chi connectivity index (χ0v) is 19.7.